The summed E-state index contributed by atoms with van der Waals surface area (Å²) in [6, 6.07) is 26.3. The van der Waals surface area contributed by atoms with E-state index in [-0.39, 0.29) is 0 Å². The number of aromatic nitrogens is 3. The average molecular weight is 502 g/mol. The summed E-state index contributed by atoms with van der Waals surface area (Å²) >= 11 is 0. The Morgan fingerprint density at radius 3 is 1.89 bits per heavy atom. The molecular weight excluding hydrogens is 470 g/mol. The molecule has 2 aromatic heterocycles. The van der Waals surface area contributed by atoms with E-state index in [1.165, 1.54) is 37.1 Å². The van der Waals surface area contributed by atoms with E-state index in [0.717, 1.165) is 33.8 Å². The van der Waals surface area contributed by atoms with Gasteiger partial charge < -0.3 is 10.1 Å². The molecule has 3 heterocycles. The lowest BCUT2D eigenvalue weighted by atomic mass is 10.0. The van der Waals surface area contributed by atoms with Gasteiger partial charge in [0.1, 0.15) is 0 Å². The maximum absolute atomic E-state index is 9.21. The number of nitriles is 1. The quantitative estimate of drug-likeness (QED) is 0.300. The molecule has 0 bridgehead atoms. The van der Waals surface area contributed by atoms with Crippen LogP contribution in [-0.2, 0) is 0 Å². The van der Waals surface area contributed by atoms with E-state index >= 15 is 0 Å². The fourth-order valence-electron chi connectivity index (χ4n) is 4.54. The first kappa shape index (κ1) is 25.2. The second-order valence-corrected chi connectivity index (χ2v) is 9.52. The van der Waals surface area contributed by atoms with Crippen molar-refractivity contribution < 1.29 is 4.74 Å². The average Bonchev–Trinajstić information content (AvgIpc) is 3.68. The Morgan fingerprint density at radius 2 is 1.37 bits per heavy atom. The highest BCUT2D eigenvalue weighted by atomic mass is 16.5. The third-order valence-electron chi connectivity index (χ3n) is 6.69. The minimum Gasteiger partial charge on any atom is -0.478 e. The van der Waals surface area contributed by atoms with Crippen LogP contribution in [0.15, 0.2) is 79.0 Å². The van der Waals surface area contributed by atoms with Gasteiger partial charge in [-0.25, -0.2) is 9.97 Å². The monoisotopic (exact) mass is 501 g/mol. The van der Waals surface area contributed by atoms with Crippen molar-refractivity contribution in [1.82, 2.24) is 19.7 Å². The van der Waals surface area contributed by atoms with Gasteiger partial charge in [0.25, 0.3) is 5.88 Å². The Bertz CT molecular complexity index is 1570. The molecule has 1 N–H and O–H groups in total. The minimum atomic E-state index is 0.448. The van der Waals surface area contributed by atoms with Crippen LogP contribution in [-0.4, -0.2) is 34.6 Å². The van der Waals surface area contributed by atoms with Crippen molar-refractivity contribution in [2.75, 3.05) is 20.2 Å². The number of imidazole rings is 1. The lowest BCUT2D eigenvalue weighted by Gasteiger charge is -2.14. The SMILES string of the molecule is C1CCNC1.COc1nc(-c2ccc(C#N)cc2)c(-c2ccc(C)cc2)n2cc(-c3ccc(C)cc3)nc12. The molecule has 6 rings (SSSR count). The molecule has 190 valence electrons. The molecule has 3 aromatic carbocycles. The van der Waals surface area contributed by atoms with E-state index in [2.05, 4.69) is 78.2 Å². The van der Waals surface area contributed by atoms with Crippen LogP contribution in [0, 0.1) is 25.2 Å². The predicted molar refractivity (Wildman–Crippen MR) is 152 cm³/mol. The van der Waals surface area contributed by atoms with Gasteiger partial charge in [0.05, 0.1) is 35.8 Å². The maximum atomic E-state index is 9.21. The lowest BCUT2D eigenvalue weighted by Crippen LogP contribution is -2.03. The molecule has 0 spiro atoms. The van der Waals surface area contributed by atoms with Gasteiger partial charge in [-0.05, 0) is 51.9 Å². The number of rotatable bonds is 4. The highest BCUT2D eigenvalue weighted by molar-refractivity contribution is 5.83. The van der Waals surface area contributed by atoms with Gasteiger partial charge in [-0.1, -0.05) is 71.8 Å². The van der Waals surface area contributed by atoms with Crippen molar-refractivity contribution in [3.8, 4) is 45.7 Å². The summed E-state index contributed by atoms with van der Waals surface area (Å²) in [6.07, 6.45) is 4.81. The van der Waals surface area contributed by atoms with Crippen molar-refractivity contribution in [3.05, 3.63) is 95.7 Å². The molecule has 1 aliphatic rings. The summed E-state index contributed by atoms with van der Waals surface area (Å²) in [5.41, 5.74) is 9.12. The first-order valence-electron chi connectivity index (χ1n) is 12.9. The highest BCUT2D eigenvalue weighted by Gasteiger charge is 2.20. The Kier molecular flexibility index (Phi) is 7.48. The zero-order valence-electron chi connectivity index (χ0n) is 22.0. The van der Waals surface area contributed by atoms with Crippen LogP contribution in [0.2, 0.25) is 0 Å². The number of fused-ring (bicyclic) bond motifs is 1. The third kappa shape index (κ3) is 5.29. The standard InChI is InChI=1S/C28H22N4O.C4H9N/c1-18-4-10-21(11-5-18)24-17-32-26(23-12-6-19(2)7-13-23)25(31-28(33-3)27(32)30-24)22-14-8-20(16-29)9-15-22;1-2-4-5-3-1/h4-15,17H,1-3H3;5H,1-4H2. The van der Waals surface area contributed by atoms with Crippen LogP contribution < -0.4 is 10.1 Å². The summed E-state index contributed by atoms with van der Waals surface area (Å²) in [7, 11) is 1.61. The largest absolute Gasteiger partial charge is 0.478 e. The van der Waals surface area contributed by atoms with E-state index in [1.807, 2.05) is 18.3 Å². The maximum Gasteiger partial charge on any atom is 0.258 e. The number of nitrogens with zero attached hydrogens (tertiary/aromatic N) is 4. The molecule has 5 aromatic rings. The van der Waals surface area contributed by atoms with E-state index < -0.39 is 0 Å². The van der Waals surface area contributed by atoms with Gasteiger partial charge in [-0.15, -0.1) is 0 Å². The van der Waals surface area contributed by atoms with Gasteiger partial charge >= 0.3 is 0 Å². The number of nitrogens with one attached hydrogen (secondary N) is 1. The Morgan fingerprint density at radius 1 is 0.789 bits per heavy atom. The minimum absolute atomic E-state index is 0.448. The molecule has 6 heteroatoms. The Hall–Kier alpha value is -4.47. The molecule has 0 saturated carbocycles. The molecule has 1 fully saturated rings. The van der Waals surface area contributed by atoms with Gasteiger partial charge in [0, 0.05) is 22.9 Å². The van der Waals surface area contributed by atoms with E-state index in [4.69, 9.17) is 14.7 Å². The van der Waals surface area contributed by atoms with Crippen molar-refractivity contribution >= 4 is 5.65 Å². The summed E-state index contributed by atoms with van der Waals surface area (Å²) in [6.45, 7) is 6.64. The Balaban J connectivity index is 0.000000529. The zero-order chi connectivity index (χ0) is 26.5. The fourth-order valence-corrected chi connectivity index (χ4v) is 4.54. The van der Waals surface area contributed by atoms with Crippen LogP contribution in [0.4, 0.5) is 0 Å². The van der Waals surface area contributed by atoms with Crippen LogP contribution in [0.1, 0.15) is 29.5 Å². The second-order valence-electron chi connectivity index (χ2n) is 9.52. The topological polar surface area (TPSA) is 75.2 Å². The normalized spacial score (nSPS) is 12.6. The van der Waals surface area contributed by atoms with Crippen LogP contribution in [0.3, 0.4) is 0 Å². The summed E-state index contributed by atoms with van der Waals surface area (Å²) in [5, 5.41) is 12.4. The molecule has 0 atom stereocenters. The number of benzene rings is 3. The van der Waals surface area contributed by atoms with Gasteiger partial charge in [-0.2, -0.15) is 5.26 Å². The zero-order valence-corrected chi connectivity index (χ0v) is 22.0. The molecule has 6 nitrogen and oxygen atoms in total. The predicted octanol–water partition coefficient (Wildman–Crippen LogP) is 6.60. The first-order valence-corrected chi connectivity index (χ1v) is 12.9. The number of methoxy groups -OCH3 is 1. The summed E-state index contributed by atoms with van der Waals surface area (Å²) < 4.78 is 7.72. The second kappa shape index (κ2) is 11.3. The van der Waals surface area contributed by atoms with Gasteiger partial charge in [-0.3, -0.25) is 4.40 Å². The van der Waals surface area contributed by atoms with Crippen molar-refractivity contribution in [1.29, 1.82) is 5.26 Å². The number of ether oxygens (including phenoxy) is 1. The molecule has 38 heavy (non-hydrogen) atoms. The van der Waals surface area contributed by atoms with Crippen LogP contribution in [0.5, 0.6) is 5.88 Å². The molecule has 0 radical (unpaired) electrons. The van der Waals surface area contributed by atoms with E-state index in [0.29, 0.717) is 17.1 Å². The van der Waals surface area contributed by atoms with E-state index in [9.17, 15) is 5.26 Å². The first-order chi connectivity index (χ1) is 18.6. The number of hydrogen-bond acceptors (Lipinski definition) is 5. The van der Waals surface area contributed by atoms with Crippen LogP contribution >= 0.6 is 0 Å². The highest BCUT2D eigenvalue weighted by Crippen LogP contribution is 2.36. The molecule has 0 amide bonds. The van der Waals surface area contributed by atoms with Crippen molar-refractivity contribution in [3.63, 3.8) is 0 Å². The van der Waals surface area contributed by atoms with E-state index in [1.54, 1.807) is 19.2 Å². The molecule has 1 saturated heterocycles. The van der Waals surface area contributed by atoms with Crippen molar-refractivity contribution in [2.24, 2.45) is 0 Å². The fraction of sp³-hybridized carbons (Fsp3) is 0.219. The Labute approximate surface area is 223 Å². The van der Waals surface area contributed by atoms with Crippen LogP contribution in [0.25, 0.3) is 39.4 Å². The molecular formula is C32H31N5O. The summed E-state index contributed by atoms with van der Waals surface area (Å²) in [5.74, 6) is 0.448. The van der Waals surface area contributed by atoms with Crippen molar-refractivity contribution in [2.45, 2.75) is 26.7 Å². The molecule has 0 unspecified atom stereocenters. The lowest BCUT2D eigenvalue weighted by molar-refractivity contribution is 0.401. The molecule has 1 aliphatic heterocycles. The smallest absolute Gasteiger partial charge is 0.258 e. The van der Waals surface area contributed by atoms with Gasteiger partial charge in [0.2, 0.25) is 5.65 Å². The number of aryl methyl sites for hydroxylation is 2. The number of hydrogen-bond donors (Lipinski definition) is 1. The third-order valence-corrected chi connectivity index (χ3v) is 6.69. The molecule has 0 aliphatic carbocycles. The summed E-state index contributed by atoms with van der Waals surface area (Å²) in [4.78, 5) is 9.76. The van der Waals surface area contributed by atoms with Gasteiger partial charge in [0.15, 0.2) is 0 Å².